The van der Waals surface area contributed by atoms with Crippen molar-refractivity contribution >= 4 is 29.7 Å². The van der Waals surface area contributed by atoms with E-state index in [4.69, 9.17) is 25.4 Å². The number of carbonyl (C=O) groups is 5. The van der Waals surface area contributed by atoms with Crippen LogP contribution in [-0.2, 0) is 42.9 Å². The van der Waals surface area contributed by atoms with Crippen molar-refractivity contribution < 1.29 is 53.1 Å². The largest absolute Gasteiger partial charge is 0.480 e. The molecular formula is C28H45N3O11. The zero-order valence-electron chi connectivity index (χ0n) is 24.8. The molecule has 0 bridgehead atoms. The summed E-state index contributed by atoms with van der Waals surface area (Å²) in [5.74, 6) is -4.82. The molecule has 0 aromatic carbocycles. The Balaban J connectivity index is 2.63. The van der Waals surface area contributed by atoms with Crippen LogP contribution < -0.4 is 10.6 Å². The van der Waals surface area contributed by atoms with Gasteiger partial charge in [0, 0.05) is 13.1 Å². The summed E-state index contributed by atoms with van der Waals surface area (Å²) in [4.78, 5) is 63.7. The van der Waals surface area contributed by atoms with Crippen LogP contribution in [0.15, 0.2) is 0 Å². The van der Waals surface area contributed by atoms with Gasteiger partial charge in [0.25, 0.3) is 0 Å². The Bertz CT molecular complexity index is 887. The van der Waals surface area contributed by atoms with Crippen molar-refractivity contribution in [1.82, 2.24) is 15.5 Å². The van der Waals surface area contributed by atoms with Crippen LogP contribution >= 0.6 is 0 Å². The number of amides is 3. The quantitative estimate of drug-likeness (QED) is 0.0992. The molecule has 1 saturated heterocycles. The molecule has 0 radical (unpaired) electrons. The fourth-order valence-electron chi connectivity index (χ4n) is 4.19. The van der Waals surface area contributed by atoms with Crippen molar-refractivity contribution in [3.63, 3.8) is 0 Å². The van der Waals surface area contributed by atoms with E-state index in [0.717, 1.165) is 0 Å². The molecule has 238 valence electrons. The number of nitrogens with one attached hydrogen (secondary N) is 2. The van der Waals surface area contributed by atoms with Crippen LogP contribution in [0.4, 0.5) is 0 Å². The Morgan fingerprint density at radius 1 is 0.738 bits per heavy atom. The van der Waals surface area contributed by atoms with Crippen molar-refractivity contribution in [1.29, 1.82) is 0 Å². The van der Waals surface area contributed by atoms with Gasteiger partial charge in [-0.05, 0) is 11.8 Å². The Labute approximate surface area is 246 Å². The number of likely N-dealkylation sites (tertiary alicyclic amines) is 1. The second-order valence-electron chi connectivity index (χ2n) is 10.5. The minimum Gasteiger partial charge on any atom is -0.480 e. The highest BCUT2D eigenvalue weighted by Gasteiger charge is 2.45. The molecule has 0 aliphatic carbocycles. The van der Waals surface area contributed by atoms with E-state index < -0.39 is 59.5 Å². The van der Waals surface area contributed by atoms with E-state index in [9.17, 15) is 34.2 Å². The van der Waals surface area contributed by atoms with Gasteiger partial charge in [-0.2, -0.15) is 0 Å². The summed E-state index contributed by atoms with van der Waals surface area (Å²) < 4.78 is 21.2. The Kier molecular flexibility index (Phi) is 17.3. The number of carboxylic acid groups (broad SMARTS) is 2. The minimum atomic E-state index is -1.23. The number of carboxylic acids is 2. The molecule has 1 fully saturated rings. The molecule has 4 atom stereocenters. The summed E-state index contributed by atoms with van der Waals surface area (Å²) in [5.41, 5.74) is 0. The fourth-order valence-corrected chi connectivity index (χ4v) is 4.19. The number of hydrogen-bond acceptors (Lipinski definition) is 9. The Morgan fingerprint density at radius 3 is 1.48 bits per heavy atom. The molecule has 3 amide bonds. The van der Waals surface area contributed by atoms with Crippen molar-refractivity contribution in [2.45, 2.75) is 46.2 Å². The summed E-state index contributed by atoms with van der Waals surface area (Å²) in [6.07, 6.45) is 5.05. The van der Waals surface area contributed by atoms with E-state index in [0.29, 0.717) is 33.0 Å². The maximum Gasteiger partial charge on any atom is 0.326 e. The first-order valence-corrected chi connectivity index (χ1v) is 14.0. The molecular weight excluding hydrogens is 554 g/mol. The number of ether oxygens (including phenoxy) is 4. The molecule has 14 heteroatoms. The first-order chi connectivity index (χ1) is 19.9. The number of aliphatic carboxylic acids is 2. The van der Waals surface area contributed by atoms with Gasteiger partial charge in [0.15, 0.2) is 0 Å². The molecule has 0 spiro atoms. The lowest BCUT2D eigenvalue weighted by molar-refractivity contribution is -0.145. The van der Waals surface area contributed by atoms with Crippen LogP contribution in [-0.4, -0.2) is 123 Å². The molecule has 1 rings (SSSR count). The highest BCUT2D eigenvalue weighted by Crippen LogP contribution is 2.26. The van der Waals surface area contributed by atoms with Crippen LogP contribution in [0.25, 0.3) is 0 Å². The van der Waals surface area contributed by atoms with Crippen LogP contribution in [0.3, 0.4) is 0 Å². The van der Waals surface area contributed by atoms with Crippen LogP contribution in [0, 0.1) is 36.0 Å². The third-order valence-electron chi connectivity index (χ3n) is 6.57. The predicted octanol–water partition coefficient (Wildman–Crippen LogP) is -0.398. The zero-order valence-corrected chi connectivity index (χ0v) is 24.8. The Morgan fingerprint density at radius 2 is 1.12 bits per heavy atom. The number of nitrogens with zero attached hydrogens (tertiary/aromatic N) is 1. The first kappa shape index (κ1) is 36.8. The maximum absolute atomic E-state index is 13.1. The van der Waals surface area contributed by atoms with Gasteiger partial charge in [0.1, 0.15) is 18.7 Å². The van der Waals surface area contributed by atoms with Gasteiger partial charge in [-0.15, -0.1) is 6.42 Å². The summed E-state index contributed by atoms with van der Waals surface area (Å²) in [6.45, 7) is 8.68. The van der Waals surface area contributed by atoms with Crippen molar-refractivity contribution in [3.8, 4) is 12.3 Å². The third-order valence-corrected chi connectivity index (χ3v) is 6.57. The molecule has 42 heavy (non-hydrogen) atoms. The lowest BCUT2D eigenvalue weighted by Crippen LogP contribution is -2.51. The van der Waals surface area contributed by atoms with Gasteiger partial charge >= 0.3 is 11.9 Å². The van der Waals surface area contributed by atoms with Crippen LogP contribution in [0.2, 0.25) is 0 Å². The van der Waals surface area contributed by atoms with Crippen molar-refractivity contribution in [2.24, 2.45) is 23.7 Å². The molecule has 0 unspecified atom stereocenters. The predicted molar refractivity (Wildman–Crippen MR) is 149 cm³/mol. The lowest BCUT2D eigenvalue weighted by Gasteiger charge is -2.24. The van der Waals surface area contributed by atoms with Crippen molar-refractivity contribution in [3.05, 3.63) is 0 Å². The monoisotopic (exact) mass is 599 g/mol. The number of carbonyl (C=O) groups excluding carboxylic acids is 3. The van der Waals surface area contributed by atoms with E-state index >= 15 is 0 Å². The van der Waals surface area contributed by atoms with Crippen LogP contribution in [0.5, 0.6) is 0 Å². The van der Waals surface area contributed by atoms with E-state index in [1.165, 1.54) is 4.90 Å². The number of terminal acetylenes is 1. The van der Waals surface area contributed by atoms with E-state index in [-0.39, 0.29) is 45.2 Å². The average Bonchev–Trinajstić information content (AvgIpc) is 3.38. The molecule has 1 aliphatic heterocycles. The van der Waals surface area contributed by atoms with E-state index in [2.05, 4.69) is 16.6 Å². The lowest BCUT2D eigenvalue weighted by atomic mass is 9.92. The average molecular weight is 600 g/mol. The summed E-state index contributed by atoms with van der Waals surface area (Å²) >= 11 is 0. The minimum absolute atomic E-state index is 0.0169. The highest BCUT2D eigenvalue weighted by molar-refractivity contribution is 5.93. The molecule has 0 aromatic heterocycles. The summed E-state index contributed by atoms with van der Waals surface area (Å²) in [7, 11) is 0. The molecule has 0 saturated carbocycles. The van der Waals surface area contributed by atoms with E-state index in [1.54, 1.807) is 27.7 Å². The normalized spacial score (nSPS) is 18.0. The van der Waals surface area contributed by atoms with Gasteiger partial charge in [0.05, 0.1) is 64.5 Å². The Hall–Kier alpha value is -3.25. The second-order valence-corrected chi connectivity index (χ2v) is 10.5. The fraction of sp³-hybridized carbons (Fsp3) is 0.750. The van der Waals surface area contributed by atoms with Gasteiger partial charge in [0.2, 0.25) is 17.7 Å². The van der Waals surface area contributed by atoms with Crippen molar-refractivity contribution in [2.75, 3.05) is 65.9 Å². The second kappa shape index (κ2) is 19.8. The molecule has 1 aliphatic rings. The molecule has 0 aromatic rings. The smallest absolute Gasteiger partial charge is 0.326 e. The maximum atomic E-state index is 13.1. The highest BCUT2D eigenvalue weighted by atomic mass is 16.6. The van der Waals surface area contributed by atoms with Crippen LogP contribution in [0.1, 0.15) is 34.1 Å². The molecule has 14 nitrogen and oxygen atoms in total. The molecule has 4 N–H and O–H groups in total. The van der Waals surface area contributed by atoms with Gasteiger partial charge < -0.3 is 44.7 Å². The van der Waals surface area contributed by atoms with E-state index in [1.807, 2.05) is 0 Å². The topological polar surface area (TPSA) is 190 Å². The first-order valence-electron chi connectivity index (χ1n) is 14.0. The standard InChI is InChI=1S/C28H45N3O11/c1-6-8-39-10-12-41-14-15-42-13-11-40-9-7-22(32)31-16-20(25(33)29-23(18(2)3)27(35)36)21(17-31)26(34)30-24(19(4)5)28(37)38/h1,18-21,23-24H,7-17H2,2-5H3,(H,29,33)(H,30,34)(H,35,36)(H,37,38)/t20-,21-,23+,24+/m1/s1. The summed E-state index contributed by atoms with van der Waals surface area (Å²) in [5, 5.41) is 23.9. The van der Waals surface area contributed by atoms with Gasteiger partial charge in [-0.1, -0.05) is 33.6 Å². The van der Waals surface area contributed by atoms with Gasteiger partial charge in [-0.3, -0.25) is 14.4 Å². The molecule has 1 heterocycles. The number of hydrogen-bond donors (Lipinski definition) is 4. The summed E-state index contributed by atoms with van der Waals surface area (Å²) in [6, 6.07) is -2.38. The SMILES string of the molecule is C#CCOCCOCCOCCOCCC(=O)N1C[C@@H](C(=O)N[C@H](C(=O)O)C(C)C)[C@H](C(=O)N[C@H](C(=O)O)C(C)C)C1. The zero-order chi connectivity index (χ0) is 31.7. The third kappa shape index (κ3) is 13.2. The number of rotatable bonds is 21. The van der Waals surface area contributed by atoms with Gasteiger partial charge in [-0.25, -0.2) is 9.59 Å².